The summed E-state index contributed by atoms with van der Waals surface area (Å²) in [5, 5.41) is 10.7. The van der Waals surface area contributed by atoms with Gasteiger partial charge in [-0.15, -0.1) is 0 Å². The van der Waals surface area contributed by atoms with Gasteiger partial charge in [0.15, 0.2) is 5.78 Å². The number of hydrogen-bond acceptors (Lipinski definition) is 5. The number of Topliss-reactive ketones (excluding diaryl/α,β-unsaturated/α-hetero) is 1. The fourth-order valence-corrected chi connectivity index (χ4v) is 1.77. The molecule has 0 unspecified atom stereocenters. The molecule has 0 N–H and O–H groups in total. The first-order chi connectivity index (χ1) is 9.58. The second kappa shape index (κ2) is 8.39. The Morgan fingerprint density at radius 1 is 1.40 bits per heavy atom. The Balaban J connectivity index is 2.64. The van der Waals surface area contributed by atoms with E-state index in [0.717, 1.165) is 6.54 Å². The predicted octanol–water partition coefficient (Wildman–Crippen LogP) is 2.14. The first-order valence-electron chi connectivity index (χ1n) is 6.66. The molecule has 0 bridgehead atoms. The quantitative estimate of drug-likeness (QED) is 0.300. The maximum absolute atomic E-state index is 12.1. The van der Waals surface area contributed by atoms with Crippen LogP contribution in [0.15, 0.2) is 24.3 Å². The summed E-state index contributed by atoms with van der Waals surface area (Å²) in [5.41, 5.74) is 0.308. The van der Waals surface area contributed by atoms with Gasteiger partial charge in [-0.3, -0.25) is 19.8 Å². The van der Waals surface area contributed by atoms with E-state index in [-0.39, 0.29) is 18.0 Å². The highest BCUT2D eigenvalue weighted by molar-refractivity contribution is 5.98. The van der Waals surface area contributed by atoms with Gasteiger partial charge in [0.1, 0.15) is 0 Å². The molecular formula is C14H20N2O4. The minimum Gasteiger partial charge on any atom is -0.380 e. The Kier molecular flexibility index (Phi) is 6.83. The first-order valence-corrected chi connectivity index (χ1v) is 6.66. The van der Waals surface area contributed by atoms with Crippen molar-refractivity contribution in [3.05, 3.63) is 39.9 Å². The largest absolute Gasteiger partial charge is 0.380 e. The number of nitro groups is 1. The molecule has 0 fully saturated rings. The van der Waals surface area contributed by atoms with Crippen molar-refractivity contribution in [3.8, 4) is 0 Å². The highest BCUT2D eigenvalue weighted by atomic mass is 16.6. The molecule has 0 aliphatic rings. The predicted molar refractivity (Wildman–Crippen MR) is 76.0 cm³/mol. The van der Waals surface area contributed by atoms with E-state index < -0.39 is 4.92 Å². The first kappa shape index (κ1) is 16.3. The third kappa shape index (κ3) is 5.07. The monoisotopic (exact) mass is 280 g/mol. The minimum absolute atomic E-state index is 0.0618. The molecular weight excluding hydrogens is 260 g/mol. The number of nitrogens with zero attached hydrogens (tertiary/aromatic N) is 2. The molecule has 6 heteroatoms. The number of likely N-dealkylation sites (N-methyl/N-ethyl adjacent to an activating group) is 1. The third-order valence-corrected chi connectivity index (χ3v) is 2.95. The number of rotatable bonds is 9. The molecule has 0 radical (unpaired) electrons. The molecule has 0 amide bonds. The molecule has 20 heavy (non-hydrogen) atoms. The Labute approximate surface area is 118 Å². The van der Waals surface area contributed by atoms with Gasteiger partial charge in [0.05, 0.1) is 18.1 Å². The van der Waals surface area contributed by atoms with Crippen molar-refractivity contribution in [1.29, 1.82) is 0 Å². The number of hydrogen-bond donors (Lipinski definition) is 0. The molecule has 1 aromatic rings. The van der Waals surface area contributed by atoms with Crippen LogP contribution in [-0.2, 0) is 4.74 Å². The Morgan fingerprint density at radius 2 is 2.15 bits per heavy atom. The fourth-order valence-electron chi connectivity index (χ4n) is 1.77. The maximum Gasteiger partial charge on any atom is 0.270 e. The molecule has 110 valence electrons. The van der Waals surface area contributed by atoms with Crippen LogP contribution in [-0.4, -0.2) is 48.5 Å². The summed E-state index contributed by atoms with van der Waals surface area (Å²) in [5.74, 6) is -0.118. The topological polar surface area (TPSA) is 72.7 Å². The van der Waals surface area contributed by atoms with Crippen LogP contribution in [0.1, 0.15) is 24.2 Å². The minimum atomic E-state index is -0.497. The van der Waals surface area contributed by atoms with Crippen molar-refractivity contribution in [2.45, 2.75) is 13.8 Å². The van der Waals surface area contributed by atoms with Crippen LogP contribution in [0.2, 0.25) is 0 Å². The van der Waals surface area contributed by atoms with E-state index in [1.165, 1.54) is 18.2 Å². The van der Waals surface area contributed by atoms with Crippen LogP contribution in [0.4, 0.5) is 5.69 Å². The average Bonchev–Trinajstić information content (AvgIpc) is 2.46. The van der Waals surface area contributed by atoms with Gasteiger partial charge < -0.3 is 4.74 Å². The zero-order chi connectivity index (χ0) is 15.0. The summed E-state index contributed by atoms with van der Waals surface area (Å²) < 4.78 is 5.26. The zero-order valence-corrected chi connectivity index (χ0v) is 11.9. The van der Waals surface area contributed by atoms with Crippen LogP contribution in [0.25, 0.3) is 0 Å². The molecule has 0 saturated carbocycles. The van der Waals surface area contributed by atoms with Gasteiger partial charge in [-0.2, -0.15) is 0 Å². The Bertz CT molecular complexity index is 462. The average molecular weight is 280 g/mol. The lowest BCUT2D eigenvalue weighted by atomic mass is 10.1. The smallest absolute Gasteiger partial charge is 0.270 e. The SMILES string of the molecule is CCOCCN(CC)CC(=O)c1cccc([N+](=O)[O-])c1. The molecule has 0 aromatic heterocycles. The molecule has 0 aliphatic heterocycles. The summed E-state index contributed by atoms with van der Waals surface area (Å²) in [6.45, 7) is 6.75. The van der Waals surface area contributed by atoms with E-state index in [0.29, 0.717) is 25.3 Å². The molecule has 1 aromatic carbocycles. The van der Waals surface area contributed by atoms with E-state index in [1.54, 1.807) is 6.07 Å². The standard InChI is InChI=1S/C14H20N2O4/c1-3-15(8-9-20-4-2)11-14(17)12-6-5-7-13(10-12)16(18)19/h5-7,10H,3-4,8-9,11H2,1-2H3. The van der Waals surface area contributed by atoms with Gasteiger partial charge in [0.2, 0.25) is 0 Å². The number of carbonyl (C=O) groups excluding carboxylic acids is 1. The summed E-state index contributed by atoms with van der Waals surface area (Å²) in [6.07, 6.45) is 0. The lowest BCUT2D eigenvalue weighted by Gasteiger charge is -2.19. The second-order valence-electron chi connectivity index (χ2n) is 4.30. The van der Waals surface area contributed by atoms with Crippen LogP contribution < -0.4 is 0 Å². The molecule has 0 aliphatic carbocycles. The van der Waals surface area contributed by atoms with Gasteiger partial charge in [0, 0.05) is 30.8 Å². The summed E-state index contributed by atoms with van der Waals surface area (Å²) in [7, 11) is 0. The van der Waals surface area contributed by atoms with Crippen molar-refractivity contribution in [2.75, 3.05) is 32.8 Å². The second-order valence-corrected chi connectivity index (χ2v) is 4.30. The number of ether oxygens (including phenoxy) is 1. The molecule has 0 heterocycles. The Morgan fingerprint density at radius 3 is 2.75 bits per heavy atom. The van der Waals surface area contributed by atoms with Crippen LogP contribution in [0, 0.1) is 10.1 Å². The van der Waals surface area contributed by atoms with Crippen molar-refractivity contribution < 1.29 is 14.5 Å². The molecule has 0 saturated heterocycles. The molecule has 1 rings (SSSR count). The molecule has 6 nitrogen and oxygen atoms in total. The number of ketones is 1. The lowest BCUT2D eigenvalue weighted by molar-refractivity contribution is -0.384. The molecule has 0 spiro atoms. The van der Waals surface area contributed by atoms with Crippen LogP contribution >= 0.6 is 0 Å². The van der Waals surface area contributed by atoms with Gasteiger partial charge in [-0.1, -0.05) is 19.1 Å². The van der Waals surface area contributed by atoms with Gasteiger partial charge in [-0.25, -0.2) is 0 Å². The normalized spacial score (nSPS) is 10.8. The summed E-state index contributed by atoms with van der Waals surface area (Å²) in [4.78, 5) is 24.3. The number of nitro benzene ring substituents is 1. The number of carbonyl (C=O) groups is 1. The highest BCUT2D eigenvalue weighted by Gasteiger charge is 2.14. The van der Waals surface area contributed by atoms with Crippen LogP contribution in [0.5, 0.6) is 0 Å². The zero-order valence-electron chi connectivity index (χ0n) is 11.9. The third-order valence-electron chi connectivity index (χ3n) is 2.95. The Hall–Kier alpha value is -1.79. The van der Waals surface area contributed by atoms with E-state index in [4.69, 9.17) is 4.74 Å². The van der Waals surface area contributed by atoms with Crippen LogP contribution in [0.3, 0.4) is 0 Å². The lowest BCUT2D eigenvalue weighted by Crippen LogP contribution is -2.32. The summed E-state index contributed by atoms with van der Waals surface area (Å²) >= 11 is 0. The van der Waals surface area contributed by atoms with Crippen molar-refractivity contribution in [2.24, 2.45) is 0 Å². The van der Waals surface area contributed by atoms with Crippen molar-refractivity contribution in [1.82, 2.24) is 4.90 Å². The van der Waals surface area contributed by atoms with Gasteiger partial charge in [-0.05, 0) is 13.5 Å². The van der Waals surface area contributed by atoms with E-state index >= 15 is 0 Å². The van der Waals surface area contributed by atoms with E-state index in [1.807, 2.05) is 18.7 Å². The van der Waals surface area contributed by atoms with E-state index in [2.05, 4.69) is 0 Å². The highest BCUT2D eigenvalue weighted by Crippen LogP contribution is 2.13. The maximum atomic E-state index is 12.1. The fraction of sp³-hybridized carbons (Fsp3) is 0.500. The van der Waals surface area contributed by atoms with Gasteiger partial charge in [0.25, 0.3) is 5.69 Å². The van der Waals surface area contributed by atoms with Gasteiger partial charge >= 0.3 is 0 Å². The molecule has 0 atom stereocenters. The number of non-ortho nitro benzene ring substituents is 1. The van der Waals surface area contributed by atoms with E-state index in [9.17, 15) is 14.9 Å². The number of benzene rings is 1. The van der Waals surface area contributed by atoms with Crippen molar-refractivity contribution >= 4 is 11.5 Å². The van der Waals surface area contributed by atoms with Crippen molar-refractivity contribution in [3.63, 3.8) is 0 Å². The summed E-state index contributed by atoms with van der Waals surface area (Å²) in [6, 6.07) is 5.83.